The van der Waals surface area contributed by atoms with Gasteiger partial charge in [-0.25, -0.2) is 0 Å². The van der Waals surface area contributed by atoms with Gasteiger partial charge in [0.25, 0.3) is 5.88 Å². The molecule has 1 aliphatic heterocycles. The molecule has 0 fully saturated rings. The van der Waals surface area contributed by atoms with Crippen LogP contribution in [0.4, 0.5) is 0 Å². The van der Waals surface area contributed by atoms with Crippen molar-refractivity contribution in [1.29, 1.82) is 0 Å². The Bertz CT molecular complexity index is 610. The van der Waals surface area contributed by atoms with Gasteiger partial charge in [-0.3, -0.25) is 9.28 Å². The van der Waals surface area contributed by atoms with E-state index in [2.05, 4.69) is 40.4 Å². The SMILES string of the molecule is CC.CCCCCCOc1nsnc1C1=CCC[N+](C)(COC(=O)CCC)C1.CCl. The highest BCUT2D eigenvalue weighted by atomic mass is 35.5. The van der Waals surface area contributed by atoms with Crippen LogP contribution < -0.4 is 4.74 Å². The van der Waals surface area contributed by atoms with Crippen molar-refractivity contribution in [1.82, 2.24) is 8.75 Å². The molecule has 1 unspecified atom stereocenters. The second-order valence-corrected chi connectivity index (χ2v) is 7.77. The molecule has 2 rings (SSSR count). The highest BCUT2D eigenvalue weighted by molar-refractivity contribution is 6.99. The van der Waals surface area contributed by atoms with Gasteiger partial charge in [-0.15, -0.1) is 16.0 Å². The number of halogens is 1. The normalized spacial score (nSPS) is 17.6. The lowest BCUT2D eigenvalue weighted by atomic mass is 10.1. The molecule has 0 saturated carbocycles. The Morgan fingerprint density at radius 3 is 2.57 bits per heavy atom. The third-order valence-electron chi connectivity index (χ3n) is 4.60. The van der Waals surface area contributed by atoms with Crippen molar-refractivity contribution >= 4 is 34.9 Å². The highest BCUT2D eigenvalue weighted by Gasteiger charge is 2.31. The second kappa shape index (κ2) is 17.5. The number of ether oxygens (including phenoxy) is 2. The first-order valence-corrected chi connectivity index (χ1v) is 12.6. The van der Waals surface area contributed by atoms with Crippen molar-refractivity contribution in [3.63, 3.8) is 0 Å². The smallest absolute Gasteiger partial charge is 0.310 e. The summed E-state index contributed by atoms with van der Waals surface area (Å²) in [6, 6.07) is 0. The highest BCUT2D eigenvalue weighted by Crippen LogP contribution is 2.30. The predicted octanol–water partition coefficient (Wildman–Crippen LogP) is 5.91. The fraction of sp³-hybridized carbons (Fsp3) is 0.773. The number of hydrogen-bond acceptors (Lipinski definition) is 6. The monoisotopic (exact) mass is 462 g/mol. The minimum atomic E-state index is -0.116. The molecule has 0 spiro atoms. The van der Waals surface area contributed by atoms with Crippen LogP contribution in [0.5, 0.6) is 5.88 Å². The van der Waals surface area contributed by atoms with Gasteiger partial charge in [0.2, 0.25) is 6.73 Å². The molecule has 1 aromatic heterocycles. The van der Waals surface area contributed by atoms with Crippen LogP contribution in [0.25, 0.3) is 5.57 Å². The lowest BCUT2D eigenvalue weighted by Crippen LogP contribution is -2.49. The van der Waals surface area contributed by atoms with Gasteiger partial charge in [0.05, 0.1) is 31.9 Å². The number of hydrogen-bond donors (Lipinski definition) is 0. The Balaban J connectivity index is 0.00000198. The average Bonchev–Trinajstić information content (AvgIpc) is 3.24. The first-order chi connectivity index (χ1) is 14.6. The Kier molecular flexibility index (Phi) is 16.8. The number of rotatable bonds is 11. The fourth-order valence-corrected chi connectivity index (χ4v) is 3.59. The number of carbonyl (C=O) groups excluding carboxylic acids is 1. The molecule has 0 N–H and O–H groups in total. The minimum absolute atomic E-state index is 0.116. The molecular formula is C22H41ClN3O3S+. The molecule has 30 heavy (non-hydrogen) atoms. The molecule has 0 radical (unpaired) electrons. The van der Waals surface area contributed by atoms with Crippen molar-refractivity contribution in [3.05, 3.63) is 11.8 Å². The summed E-state index contributed by atoms with van der Waals surface area (Å²) < 4.78 is 20.8. The van der Waals surface area contributed by atoms with Gasteiger partial charge >= 0.3 is 5.97 Å². The van der Waals surface area contributed by atoms with Crippen LogP contribution in [0.2, 0.25) is 0 Å². The maximum absolute atomic E-state index is 11.7. The molecular weight excluding hydrogens is 422 g/mol. The molecule has 1 aromatic rings. The maximum Gasteiger partial charge on any atom is 0.310 e. The Morgan fingerprint density at radius 1 is 1.17 bits per heavy atom. The summed E-state index contributed by atoms with van der Waals surface area (Å²) in [5, 5.41) is 0. The lowest BCUT2D eigenvalue weighted by molar-refractivity contribution is -0.919. The van der Waals surface area contributed by atoms with Crippen LogP contribution in [0.3, 0.4) is 0 Å². The molecule has 2 heterocycles. The van der Waals surface area contributed by atoms with E-state index >= 15 is 0 Å². The maximum atomic E-state index is 11.7. The van der Waals surface area contributed by atoms with Gasteiger partial charge in [-0.05, 0) is 12.8 Å². The zero-order chi connectivity index (χ0) is 22.8. The molecule has 0 aliphatic carbocycles. The number of alkyl halides is 1. The summed E-state index contributed by atoms with van der Waals surface area (Å²) >= 11 is 5.83. The summed E-state index contributed by atoms with van der Waals surface area (Å²) in [5.41, 5.74) is 2.00. The summed E-state index contributed by atoms with van der Waals surface area (Å²) in [4.78, 5) is 11.7. The molecule has 1 atom stereocenters. The molecule has 0 bridgehead atoms. The van der Waals surface area contributed by atoms with E-state index in [9.17, 15) is 4.79 Å². The number of carbonyl (C=O) groups is 1. The van der Waals surface area contributed by atoms with Gasteiger partial charge in [0, 0.05) is 24.8 Å². The van der Waals surface area contributed by atoms with E-state index in [-0.39, 0.29) is 5.97 Å². The number of quaternary nitrogens is 1. The van der Waals surface area contributed by atoms with Crippen molar-refractivity contribution < 1.29 is 18.8 Å². The third-order valence-corrected chi connectivity index (χ3v) is 5.11. The number of nitrogens with zero attached hydrogens (tertiary/aromatic N) is 3. The van der Waals surface area contributed by atoms with E-state index in [1.54, 1.807) is 0 Å². The van der Waals surface area contributed by atoms with Crippen molar-refractivity contribution in [2.75, 3.05) is 39.9 Å². The van der Waals surface area contributed by atoms with Gasteiger partial charge in [-0.2, -0.15) is 4.37 Å². The van der Waals surface area contributed by atoms with Gasteiger partial charge in [0.15, 0.2) is 0 Å². The zero-order valence-corrected chi connectivity index (χ0v) is 21.3. The average molecular weight is 463 g/mol. The minimum Gasteiger partial charge on any atom is -0.475 e. The number of aromatic nitrogens is 2. The molecule has 6 nitrogen and oxygen atoms in total. The van der Waals surface area contributed by atoms with Crippen LogP contribution in [0.15, 0.2) is 6.08 Å². The van der Waals surface area contributed by atoms with Gasteiger partial charge in [0.1, 0.15) is 12.2 Å². The zero-order valence-electron chi connectivity index (χ0n) is 19.7. The quantitative estimate of drug-likeness (QED) is 0.177. The van der Waals surface area contributed by atoms with Crippen LogP contribution in [0.1, 0.15) is 78.3 Å². The van der Waals surface area contributed by atoms with Crippen molar-refractivity contribution in [2.45, 2.75) is 72.6 Å². The molecule has 174 valence electrons. The number of esters is 1. The molecule has 0 amide bonds. The van der Waals surface area contributed by atoms with Crippen molar-refractivity contribution in [3.8, 4) is 5.88 Å². The van der Waals surface area contributed by atoms with Crippen molar-refractivity contribution in [2.24, 2.45) is 0 Å². The standard InChI is InChI=1S/C19H32N3O3S.C2H6.CH3Cl/c1-4-6-7-8-13-24-19-18(20-26-21-19)16-11-9-12-22(3,14-16)15-25-17(23)10-5-2;2*1-2/h11H,4-10,12-15H2,1-3H3;1-2H3;1H3/q+1;;. The summed E-state index contributed by atoms with van der Waals surface area (Å²) in [5.74, 6) is 0.531. The molecule has 8 heteroatoms. The fourth-order valence-electron chi connectivity index (χ4n) is 3.06. The molecule has 0 saturated heterocycles. The third kappa shape index (κ3) is 10.7. The summed E-state index contributed by atoms with van der Waals surface area (Å²) in [6.07, 6.45) is 10.6. The van der Waals surface area contributed by atoms with Crippen LogP contribution in [-0.4, -0.2) is 59.1 Å². The Labute approximate surface area is 192 Å². The summed E-state index contributed by atoms with van der Waals surface area (Å²) in [6.45, 7) is 11.0. The first kappa shape index (κ1) is 28.8. The second-order valence-electron chi connectivity index (χ2n) is 7.24. The van der Waals surface area contributed by atoms with E-state index in [1.165, 1.54) is 37.4 Å². The van der Waals surface area contributed by atoms with Crippen LogP contribution >= 0.6 is 23.3 Å². The predicted molar refractivity (Wildman–Crippen MR) is 127 cm³/mol. The number of likely N-dealkylation sites (N-methyl/N-ethyl adjacent to an activating group) is 1. The topological polar surface area (TPSA) is 61.3 Å². The van der Waals surface area contributed by atoms with E-state index in [4.69, 9.17) is 9.47 Å². The largest absolute Gasteiger partial charge is 0.475 e. The van der Waals surface area contributed by atoms with E-state index < -0.39 is 0 Å². The Hall–Kier alpha value is -1.18. The van der Waals surface area contributed by atoms with Crippen LogP contribution in [-0.2, 0) is 9.53 Å². The number of unbranched alkanes of at least 4 members (excludes halogenated alkanes) is 3. The van der Waals surface area contributed by atoms with Gasteiger partial charge in [-0.1, -0.05) is 53.0 Å². The molecule has 0 aromatic carbocycles. The summed E-state index contributed by atoms with van der Waals surface area (Å²) in [7, 11) is 2.12. The Morgan fingerprint density at radius 2 is 1.90 bits per heavy atom. The lowest BCUT2D eigenvalue weighted by Gasteiger charge is -2.36. The van der Waals surface area contributed by atoms with Crippen LogP contribution in [0, 0.1) is 0 Å². The van der Waals surface area contributed by atoms with E-state index in [0.717, 1.165) is 43.6 Å². The van der Waals surface area contributed by atoms with Gasteiger partial charge < -0.3 is 9.47 Å². The van der Waals surface area contributed by atoms with E-state index in [1.807, 2.05) is 20.8 Å². The molecule has 1 aliphatic rings. The first-order valence-electron chi connectivity index (χ1n) is 11.1. The van der Waals surface area contributed by atoms with E-state index in [0.29, 0.717) is 30.1 Å².